The van der Waals surface area contributed by atoms with Crippen LogP contribution in [0.3, 0.4) is 0 Å². The molecule has 8 heteroatoms. The zero-order valence-electron chi connectivity index (χ0n) is 11.2. The molecule has 1 aromatic carbocycles. The molecular weight excluding hydrogens is 409 g/mol. The van der Waals surface area contributed by atoms with Gasteiger partial charge in [0, 0.05) is 14.7 Å². The number of aromatic nitrogens is 1. The minimum atomic E-state index is -4.41. The minimum Gasteiger partial charge on any atom is -0.235 e. The van der Waals surface area contributed by atoms with Crippen molar-refractivity contribution in [3.63, 3.8) is 0 Å². The molecule has 0 aliphatic rings. The molecular formula is C15H6BrF3N2S2. The Kier molecular flexibility index (Phi) is 4.27. The number of benzene rings is 1. The summed E-state index contributed by atoms with van der Waals surface area (Å²) in [5.74, 6) is 0. The summed E-state index contributed by atoms with van der Waals surface area (Å²) in [6.07, 6.45) is -2.73. The smallest absolute Gasteiger partial charge is 0.235 e. The maximum atomic E-state index is 12.7. The normalized spacial score (nSPS) is 12.6. The third kappa shape index (κ3) is 3.47. The summed E-state index contributed by atoms with van der Waals surface area (Å²) in [6, 6.07) is 7.33. The lowest BCUT2D eigenvalue weighted by Crippen LogP contribution is -2.03. The fourth-order valence-electron chi connectivity index (χ4n) is 1.91. The molecule has 3 rings (SSSR count). The van der Waals surface area contributed by atoms with Gasteiger partial charge in [-0.05, 0) is 46.3 Å². The van der Waals surface area contributed by atoms with Crippen LogP contribution in [0.4, 0.5) is 13.2 Å². The number of halogens is 4. The molecule has 2 aromatic heterocycles. The average Bonchev–Trinajstić information content (AvgIpc) is 3.08. The zero-order chi connectivity index (χ0) is 16.6. The highest BCUT2D eigenvalue weighted by atomic mass is 79.9. The van der Waals surface area contributed by atoms with Crippen molar-refractivity contribution in [2.75, 3.05) is 0 Å². The Bertz CT molecular complexity index is 948. The number of nitriles is 1. The lowest BCUT2D eigenvalue weighted by atomic mass is 10.2. The van der Waals surface area contributed by atoms with Gasteiger partial charge in [-0.3, -0.25) is 0 Å². The number of allylic oxidation sites excluding steroid dienone is 1. The molecule has 2 heterocycles. The molecule has 0 aliphatic carbocycles. The highest BCUT2D eigenvalue weighted by molar-refractivity contribution is 9.10. The van der Waals surface area contributed by atoms with Gasteiger partial charge in [-0.15, -0.1) is 22.7 Å². The van der Waals surface area contributed by atoms with E-state index in [1.807, 2.05) is 11.4 Å². The molecule has 0 saturated heterocycles. The van der Waals surface area contributed by atoms with Crippen molar-refractivity contribution in [3.05, 3.63) is 49.6 Å². The molecule has 2 nitrogen and oxygen atoms in total. The predicted molar refractivity (Wildman–Crippen MR) is 90.1 cm³/mol. The summed E-state index contributed by atoms with van der Waals surface area (Å²) in [5, 5.41) is 11.6. The van der Waals surface area contributed by atoms with E-state index >= 15 is 0 Å². The van der Waals surface area contributed by atoms with Crippen molar-refractivity contribution in [2.24, 2.45) is 0 Å². The Hall–Kier alpha value is -1.69. The van der Waals surface area contributed by atoms with Gasteiger partial charge in [0.05, 0.1) is 21.4 Å². The Morgan fingerprint density at radius 2 is 2.09 bits per heavy atom. The van der Waals surface area contributed by atoms with Crippen LogP contribution in [0.1, 0.15) is 15.4 Å². The summed E-state index contributed by atoms with van der Waals surface area (Å²) in [6.45, 7) is 0. The number of rotatable bonds is 2. The van der Waals surface area contributed by atoms with Crippen molar-refractivity contribution in [3.8, 4) is 6.07 Å². The average molecular weight is 415 g/mol. The SMILES string of the molecule is N#C/C(=C\c1cc(Br)cs1)c1nc2cc(C(F)(F)F)ccc2s1. The molecule has 23 heavy (non-hydrogen) atoms. The fourth-order valence-corrected chi connectivity index (χ4v) is 4.20. The molecule has 0 atom stereocenters. The number of alkyl halides is 3. The molecule has 0 radical (unpaired) electrons. The van der Waals surface area contributed by atoms with Crippen LogP contribution in [0.25, 0.3) is 21.9 Å². The molecule has 0 bridgehead atoms. The van der Waals surface area contributed by atoms with Gasteiger partial charge in [0.2, 0.25) is 0 Å². The van der Waals surface area contributed by atoms with Gasteiger partial charge in [0.15, 0.2) is 0 Å². The number of hydrogen-bond acceptors (Lipinski definition) is 4. The second kappa shape index (κ2) is 6.07. The fraction of sp³-hybridized carbons (Fsp3) is 0.0667. The van der Waals surface area contributed by atoms with E-state index in [4.69, 9.17) is 0 Å². The van der Waals surface area contributed by atoms with Crippen molar-refractivity contribution < 1.29 is 13.2 Å². The highest BCUT2D eigenvalue weighted by Crippen LogP contribution is 2.34. The Morgan fingerprint density at radius 3 is 2.70 bits per heavy atom. The van der Waals surface area contributed by atoms with E-state index in [0.29, 0.717) is 15.3 Å². The van der Waals surface area contributed by atoms with Crippen LogP contribution >= 0.6 is 38.6 Å². The van der Waals surface area contributed by atoms with E-state index in [0.717, 1.165) is 21.5 Å². The number of thiazole rings is 1. The third-order valence-electron chi connectivity index (χ3n) is 2.94. The van der Waals surface area contributed by atoms with Gasteiger partial charge in [0.25, 0.3) is 0 Å². The lowest BCUT2D eigenvalue weighted by molar-refractivity contribution is -0.137. The van der Waals surface area contributed by atoms with Crippen LogP contribution in [0.15, 0.2) is 34.1 Å². The van der Waals surface area contributed by atoms with Crippen molar-refractivity contribution in [1.29, 1.82) is 5.26 Å². The van der Waals surface area contributed by atoms with Crippen LogP contribution in [0, 0.1) is 11.3 Å². The van der Waals surface area contributed by atoms with Crippen LogP contribution in [-0.2, 0) is 6.18 Å². The molecule has 116 valence electrons. The van der Waals surface area contributed by atoms with E-state index in [1.54, 1.807) is 6.08 Å². The molecule has 0 N–H and O–H groups in total. The monoisotopic (exact) mass is 414 g/mol. The Labute approximate surface area is 145 Å². The van der Waals surface area contributed by atoms with E-state index in [-0.39, 0.29) is 5.52 Å². The van der Waals surface area contributed by atoms with Gasteiger partial charge in [-0.25, -0.2) is 4.98 Å². The standard InChI is InChI=1S/C15H6BrF3N2S2/c16-10-5-11(22-7-10)3-8(6-20)14-21-12-4-9(15(17,18)19)1-2-13(12)23-14/h1-5,7H/b8-3+. The van der Waals surface area contributed by atoms with Gasteiger partial charge < -0.3 is 0 Å². The maximum absolute atomic E-state index is 12.7. The maximum Gasteiger partial charge on any atom is 0.416 e. The molecule has 0 spiro atoms. The van der Waals surface area contributed by atoms with Crippen molar-refractivity contribution in [1.82, 2.24) is 4.98 Å². The summed E-state index contributed by atoms with van der Waals surface area (Å²) >= 11 is 5.99. The topological polar surface area (TPSA) is 36.7 Å². The largest absolute Gasteiger partial charge is 0.416 e. The predicted octanol–water partition coefficient (Wildman–Crippen LogP) is 6.20. The van der Waals surface area contributed by atoms with Crippen molar-refractivity contribution in [2.45, 2.75) is 6.18 Å². The van der Waals surface area contributed by atoms with Crippen LogP contribution in [0.2, 0.25) is 0 Å². The molecule has 0 aliphatic heterocycles. The van der Waals surface area contributed by atoms with Gasteiger partial charge in [0.1, 0.15) is 11.1 Å². The van der Waals surface area contributed by atoms with Crippen LogP contribution in [-0.4, -0.2) is 4.98 Å². The molecule has 0 fully saturated rings. The van der Waals surface area contributed by atoms with E-state index in [2.05, 4.69) is 27.0 Å². The molecule has 0 saturated carbocycles. The van der Waals surface area contributed by atoms with Gasteiger partial charge in [-0.1, -0.05) is 0 Å². The number of hydrogen-bond donors (Lipinski definition) is 0. The second-order valence-electron chi connectivity index (χ2n) is 4.54. The summed E-state index contributed by atoms with van der Waals surface area (Å²) in [5.41, 5.74) is -0.172. The molecule has 3 aromatic rings. The first-order chi connectivity index (χ1) is 10.9. The Balaban J connectivity index is 2.05. The summed E-state index contributed by atoms with van der Waals surface area (Å²) in [7, 11) is 0. The number of fused-ring (bicyclic) bond motifs is 1. The molecule has 0 unspecified atom stereocenters. The van der Waals surface area contributed by atoms with E-state index < -0.39 is 11.7 Å². The first-order valence-corrected chi connectivity index (χ1v) is 8.70. The third-order valence-corrected chi connectivity index (χ3v) is 5.65. The summed E-state index contributed by atoms with van der Waals surface area (Å²) in [4.78, 5) is 5.05. The minimum absolute atomic E-state index is 0.244. The van der Waals surface area contributed by atoms with Gasteiger partial charge in [-0.2, -0.15) is 18.4 Å². The first kappa shape index (κ1) is 16.2. The molecule has 0 amide bonds. The van der Waals surface area contributed by atoms with Crippen molar-refractivity contribution >= 4 is 60.5 Å². The summed E-state index contributed by atoms with van der Waals surface area (Å²) < 4.78 is 39.8. The number of nitrogens with zero attached hydrogens (tertiary/aromatic N) is 2. The Morgan fingerprint density at radius 1 is 1.30 bits per heavy atom. The van der Waals surface area contributed by atoms with Crippen LogP contribution < -0.4 is 0 Å². The quantitative estimate of drug-likeness (QED) is 0.467. The zero-order valence-corrected chi connectivity index (χ0v) is 14.4. The highest BCUT2D eigenvalue weighted by Gasteiger charge is 2.30. The first-order valence-electron chi connectivity index (χ1n) is 6.21. The van der Waals surface area contributed by atoms with Crippen LogP contribution in [0.5, 0.6) is 0 Å². The van der Waals surface area contributed by atoms with Gasteiger partial charge >= 0.3 is 6.18 Å². The second-order valence-corrected chi connectivity index (χ2v) is 7.43. The van der Waals surface area contributed by atoms with E-state index in [1.165, 1.54) is 28.7 Å². The van der Waals surface area contributed by atoms with E-state index in [9.17, 15) is 18.4 Å². The lowest BCUT2D eigenvalue weighted by Gasteiger charge is -2.04. The number of thiophene rings is 1.